The Hall–Kier alpha value is -0.560. The fraction of sp³-hybridized carbons (Fsp3) is 0.800. The van der Waals surface area contributed by atoms with E-state index in [1.807, 2.05) is 0 Å². The molecule has 0 aromatic heterocycles. The number of aliphatic hydroxyl groups is 1. The van der Waals surface area contributed by atoms with Gasteiger partial charge in [0.15, 0.2) is 0 Å². The highest BCUT2D eigenvalue weighted by Crippen LogP contribution is 2.63. The molecule has 0 spiro atoms. The monoisotopic (exact) mass is 286 g/mol. The first kappa shape index (κ1) is 14.1. The zero-order valence-electron chi connectivity index (χ0n) is 13.4. The Morgan fingerprint density at radius 3 is 2.81 bits per heavy atom. The summed E-state index contributed by atoms with van der Waals surface area (Å²) in [5, 5.41) is 9.91. The molecule has 0 aromatic rings. The van der Waals surface area contributed by atoms with E-state index in [-0.39, 0.29) is 6.10 Å². The lowest BCUT2D eigenvalue weighted by molar-refractivity contribution is -0.0167. The molecular formula is C20H30O. The maximum absolute atomic E-state index is 9.91. The van der Waals surface area contributed by atoms with Gasteiger partial charge in [-0.05, 0) is 86.4 Å². The molecule has 7 atom stereocenters. The molecule has 1 nitrogen and oxygen atoms in total. The van der Waals surface area contributed by atoms with Gasteiger partial charge in [0, 0.05) is 0 Å². The van der Waals surface area contributed by atoms with Crippen LogP contribution in [0.5, 0.6) is 0 Å². The first-order valence-corrected chi connectivity index (χ1v) is 9.14. The standard InChI is InChI=1S/C20H30O/c1-3-14-5-9-19-18-7-4-13-12-15(21)6-8-16(13)17(18)10-11-20(14,19)2/h3,12,14-19,21H,1,4-11H2,2H3/t14-,15-,16-,17+,18+,19-,20+/m0/s1. The van der Waals surface area contributed by atoms with Crippen LogP contribution in [0.4, 0.5) is 0 Å². The zero-order valence-corrected chi connectivity index (χ0v) is 13.4. The van der Waals surface area contributed by atoms with Crippen LogP contribution in [0.2, 0.25) is 0 Å². The third-order valence-corrected chi connectivity index (χ3v) is 7.79. The van der Waals surface area contributed by atoms with Gasteiger partial charge in [0.2, 0.25) is 0 Å². The molecule has 21 heavy (non-hydrogen) atoms. The average molecular weight is 286 g/mol. The number of allylic oxidation sites excluding steroid dienone is 2. The second-order valence-electron chi connectivity index (χ2n) is 8.43. The van der Waals surface area contributed by atoms with Crippen LogP contribution < -0.4 is 0 Å². The Balaban J connectivity index is 1.61. The minimum atomic E-state index is -0.154. The van der Waals surface area contributed by atoms with Gasteiger partial charge in [-0.25, -0.2) is 0 Å². The number of rotatable bonds is 1. The summed E-state index contributed by atoms with van der Waals surface area (Å²) >= 11 is 0. The van der Waals surface area contributed by atoms with E-state index in [9.17, 15) is 5.11 Å². The Labute approximate surface area is 129 Å². The summed E-state index contributed by atoms with van der Waals surface area (Å²) in [6.45, 7) is 6.68. The van der Waals surface area contributed by atoms with Crippen LogP contribution in [0.25, 0.3) is 0 Å². The number of fused-ring (bicyclic) bond motifs is 5. The van der Waals surface area contributed by atoms with Crippen LogP contribution in [0.1, 0.15) is 58.3 Å². The number of hydrogen-bond acceptors (Lipinski definition) is 1. The smallest absolute Gasteiger partial charge is 0.0723 e. The van der Waals surface area contributed by atoms with E-state index < -0.39 is 0 Å². The number of hydrogen-bond donors (Lipinski definition) is 1. The van der Waals surface area contributed by atoms with Gasteiger partial charge in [-0.3, -0.25) is 0 Å². The van der Waals surface area contributed by atoms with Crippen molar-refractivity contribution in [3.63, 3.8) is 0 Å². The lowest BCUT2D eigenvalue weighted by atomic mass is 9.51. The Bertz CT molecular complexity index is 464. The second-order valence-corrected chi connectivity index (χ2v) is 8.43. The summed E-state index contributed by atoms with van der Waals surface area (Å²) in [5.41, 5.74) is 2.15. The minimum absolute atomic E-state index is 0.154. The lowest BCUT2D eigenvalue weighted by Gasteiger charge is -2.54. The molecule has 0 amide bonds. The molecule has 0 saturated heterocycles. The molecule has 4 aliphatic carbocycles. The van der Waals surface area contributed by atoms with Crippen LogP contribution in [0.15, 0.2) is 24.3 Å². The predicted molar refractivity (Wildman–Crippen MR) is 86.8 cm³/mol. The summed E-state index contributed by atoms with van der Waals surface area (Å²) in [6.07, 6.45) is 14.8. The normalized spacial score (nSPS) is 52.4. The first-order chi connectivity index (χ1) is 10.1. The lowest BCUT2D eigenvalue weighted by Crippen LogP contribution is -2.46. The van der Waals surface area contributed by atoms with E-state index in [0.717, 1.165) is 36.0 Å². The maximum Gasteiger partial charge on any atom is 0.0723 e. The second kappa shape index (κ2) is 4.98. The SMILES string of the molecule is C=C[C@H]1CC[C@H]2[C@@H]3CCC4=C[C@@H](O)CC[C@@H]4[C@H]3CC[C@]12C. The fourth-order valence-corrected chi connectivity index (χ4v) is 6.74. The Kier molecular flexibility index (Phi) is 3.33. The molecule has 0 unspecified atom stereocenters. The molecule has 1 N–H and O–H groups in total. The van der Waals surface area contributed by atoms with Crippen LogP contribution >= 0.6 is 0 Å². The third-order valence-electron chi connectivity index (χ3n) is 7.79. The van der Waals surface area contributed by atoms with Gasteiger partial charge in [-0.1, -0.05) is 24.6 Å². The van der Waals surface area contributed by atoms with Crippen LogP contribution in [-0.2, 0) is 0 Å². The molecule has 0 radical (unpaired) electrons. The summed E-state index contributed by atoms with van der Waals surface area (Å²) in [5.74, 6) is 4.37. The molecule has 0 bridgehead atoms. The molecule has 0 heterocycles. The van der Waals surface area contributed by atoms with Gasteiger partial charge in [0.05, 0.1) is 6.10 Å². The molecule has 1 heteroatoms. The first-order valence-electron chi connectivity index (χ1n) is 9.14. The molecule has 3 saturated carbocycles. The highest BCUT2D eigenvalue weighted by Gasteiger charge is 2.55. The quantitative estimate of drug-likeness (QED) is 0.691. The summed E-state index contributed by atoms with van der Waals surface area (Å²) in [6, 6.07) is 0. The molecule has 4 aliphatic rings. The van der Waals surface area contributed by atoms with Gasteiger partial charge < -0.3 is 5.11 Å². The van der Waals surface area contributed by atoms with Crippen LogP contribution in [0, 0.1) is 35.0 Å². The largest absolute Gasteiger partial charge is 0.389 e. The van der Waals surface area contributed by atoms with Crippen LogP contribution in [0.3, 0.4) is 0 Å². The highest BCUT2D eigenvalue weighted by molar-refractivity contribution is 5.20. The van der Waals surface area contributed by atoms with Crippen molar-refractivity contribution in [2.75, 3.05) is 0 Å². The van der Waals surface area contributed by atoms with Crippen LogP contribution in [-0.4, -0.2) is 11.2 Å². The summed E-state index contributed by atoms with van der Waals surface area (Å²) in [4.78, 5) is 0. The Morgan fingerprint density at radius 2 is 2.00 bits per heavy atom. The molecule has 0 aliphatic heterocycles. The third kappa shape index (κ3) is 2.00. The minimum Gasteiger partial charge on any atom is -0.389 e. The van der Waals surface area contributed by atoms with E-state index in [0.29, 0.717) is 5.41 Å². The number of aliphatic hydroxyl groups excluding tert-OH is 1. The van der Waals surface area contributed by atoms with Gasteiger partial charge >= 0.3 is 0 Å². The van der Waals surface area contributed by atoms with Crippen molar-refractivity contribution >= 4 is 0 Å². The molecule has 116 valence electrons. The summed E-state index contributed by atoms with van der Waals surface area (Å²) < 4.78 is 0. The van der Waals surface area contributed by atoms with E-state index in [4.69, 9.17) is 0 Å². The molecular weight excluding hydrogens is 256 g/mol. The van der Waals surface area contributed by atoms with E-state index in [2.05, 4.69) is 25.7 Å². The van der Waals surface area contributed by atoms with Crippen molar-refractivity contribution in [1.29, 1.82) is 0 Å². The maximum atomic E-state index is 9.91. The van der Waals surface area contributed by atoms with Gasteiger partial charge in [0.25, 0.3) is 0 Å². The van der Waals surface area contributed by atoms with Gasteiger partial charge in [-0.15, -0.1) is 6.58 Å². The van der Waals surface area contributed by atoms with Crippen molar-refractivity contribution in [1.82, 2.24) is 0 Å². The van der Waals surface area contributed by atoms with Crippen molar-refractivity contribution < 1.29 is 5.11 Å². The van der Waals surface area contributed by atoms with E-state index >= 15 is 0 Å². The Morgan fingerprint density at radius 1 is 1.14 bits per heavy atom. The van der Waals surface area contributed by atoms with E-state index in [1.54, 1.807) is 5.57 Å². The topological polar surface area (TPSA) is 20.2 Å². The van der Waals surface area contributed by atoms with E-state index in [1.165, 1.54) is 44.9 Å². The molecule has 3 fully saturated rings. The summed E-state index contributed by atoms with van der Waals surface area (Å²) in [7, 11) is 0. The zero-order chi connectivity index (χ0) is 14.6. The van der Waals surface area contributed by atoms with Crippen molar-refractivity contribution in [2.45, 2.75) is 64.4 Å². The van der Waals surface area contributed by atoms with Crippen molar-refractivity contribution in [3.05, 3.63) is 24.3 Å². The highest BCUT2D eigenvalue weighted by atomic mass is 16.3. The van der Waals surface area contributed by atoms with Crippen molar-refractivity contribution in [2.24, 2.45) is 35.0 Å². The van der Waals surface area contributed by atoms with Gasteiger partial charge in [0.1, 0.15) is 0 Å². The van der Waals surface area contributed by atoms with Crippen molar-refractivity contribution in [3.8, 4) is 0 Å². The van der Waals surface area contributed by atoms with Gasteiger partial charge in [-0.2, -0.15) is 0 Å². The predicted octanol–water partition coefficient (Wildman–Crippen LogP) is 4.72. The average Bonchev–Trinajstić information content (AvgIpc) is 2.83. The molecule has 4 rings (SSSR count). The fourth-order valence-electron chi connectivity index (χ4n) is 6.74. The molecule has 0 aromatic carbocycles.